The molecule has 3 N–H and O–H groups in total. The van der Waals surface area contributed by atoms with Crippen LogP contribution in [0.3, 0.4) is 0 Å². The Morgan fingerprint density at radius 1 is 1.12 bits per heavy atom. The second kappa shape index (κ2) is 16.0. The highest BCUT2D eigenvalue weighted by atomic mass is 19.1. The van der Waals surface area contributed by atoms with E-state index in [4.69, 9.17) is 0 Å². The second-order valence-electron chi connectivity index (χ2n) is 10.0. The number of allylic oxidation sites excluding steroid dienone is 2. The van der Waals surface area contributed by atoms with Crippen LogP contribution in [0.25, 0.3) is 11.4 Å². The maximum atomic E-state index is 14.9. The van der Waals surface area contributed by atoms with Crippen molar-refractivity contribution in [2.45, 2.75) is 66.8 Å². The van der Waals surface area contributed by atoms with Crippen LogP contribution in [0, 0.1) is 12.7 Å². The fraction of sp³-hybridized carbons (Fsp3) is 0.344. The first kappa shape index (κ1) is 32.7. The zero-order chi connectivity index (χ0) is 31.4. The lowest BCUT2D eigenvalue weighted by atomic mass is 10.0. The number of anilines is 2. The molecule has 0 aromatic carbocycles. The molecule has 226 valence electrons. The van der Waals surface area contributed by atoms with Crippen molar-refractivity contribution in [1.82, 2.24) is 35.5 Å². The van der Waals surface area contributed by atoms with Crippen LogP contribution in [-0.2, 0) is 13.0 Å². The Hall–Kier alpha value is -4.80. The summed E-state index contributed by atoms with van der Waals surface area (Å²) in [4.78, 5) is 33.7. The van der Waals surface area contributed by atoms with Gasteiger partial charge in [0.1, 0.15) is 5.82 Å². The van der Waals surface area contributed by atoms with E-state index in [9.17, 15) is 9.18 Å². The maximum Gasteiger partial charge on any atom is 0.273 e. The second-order valence-corrected chi connectivity index (χ2v) is 10.0. The van der Waals surface area contributed by atoms with Gasteiger partial charge in [-0.3, -0.25) is 19.9 Å². The summed E-state index contributed by atoms with van der Waals surface area (Å²) >= 11 is 0. The molecule has 0 fully saturated rings. The smallest absolute Gasteiger partial charge is 0.273 e. The first-order chi connectivity index (χ1) is 20.7. The number of amides is 1. The predicted octanol–water partition coefficient (Wildman–Crippen LogP) is 6.51. The molecule has 4 aromatic heterocycles. The van der Waals surface area contributed by atoms with Crippen molar-refractivity contribution >= 4 is 23.8 Å². The third-order valence-electron chi connectivity index (χ3n) is 6.64. The lowest BCUT2D eigenvalue weighted by molar-refractivity contribution is 0.0941. The minimum absolute atomic E-state index is 0.221. The SMILES string of the molecule is C/C=C(/C)C=NC.CCc1cc(Nc2cc(C)nc(-c3cnc(C(=O)NCc4ccc(C(C)CC)nc4)c(F)c3)n2)n[nH]1. The molecule has 4 rings (SSSR count). The number of carbonyl (C=O) groups excluding carboxylic acids is 1. The van der Waals surface area contributed by atoms with Gasteiger partial charge >= 0.3 is 0 Å². The Bertz CT molecular complexity index is 1560. The summed E-state index contributed by atoms with van der Waals surface area (Å²) in [5.41, 5.74) is 4.77. The van der Waals surface area contributed by atoms with Gasteiger partial charge in [-0.25, -0.2) is 19.3 Å². The summed E-state index contributed by atoms with van der Waals surface area (Å²) in [5.74, 6) is 0.430. The molecule has 10 nitrogen and oxygen atoms in total. The van der Waals surface area contributed by atoms with Crippen LogP contribution >= 0.6 is 0 Å². The molecule has 43 heavy (non-hydrogen) atoms. The van der Waals surface area contributed by atoms with Crippen LogP contribution in [-0.4, -0.2) is 49.3 Å². The van der Waals surface area contributed by atoms with Gasteiger partial charge in [0.05, 0.1) is 0 Å². The average Bonchev–Trinajstić information content (AvgIpc) is 3.47. The lowest BCUT2D eigenvalue weighted by Crippen LogP contribution is -2.25. The highest BCUT2D eigenvalue weighted by Crippen LogP contribution is 2.22. The molecule has 0 aliphatic rings. The van der Waals surface area contributed by atoms with Gasteiger partial charge in [-0.05, 0) is 62.8 Å². The van der Waals surface area contributed by atoms with Crippen LogP contribution in [0.5, 0.6) is 0 Å². The summed E-state index contributed by atoms with van der Waals surface area (Å²) in [6, 6.07) is 8.73. The van der Waals surface area contributed by atoms with Crippen molar-refractivity contribution in [3.05, 3.63) is 88.5 Å². The summed E-state index contributed by atoms with van der Waals surface area (Å²) in [7, 11) is 1.77. The molecule has 0 aliphatic heterocycles. The van der Waals surface area contributed by atoms with Gasteiger partial charge in [-0.1, -0.05) is 32.9 Å². The van der Waals surface area contributed by atoms with Crippen molar-refractivity contribution in [2.75, 3.05) is 12.4 Å². The van der Waals surface area contributed by atoms with Gasteiger partial charge in [-0.2, -0.15) is 5.10 Å². The molecule has 0 bridgehead atoms. The van der Waals surface area contributed by atoms with Crippen molar-refractivity contribution in [3.8, 4) is 11.4 Å². The molecule has 0 saturated heterocycles. The van der Waals surface area contributed by atoms with E-state index >= 15 is 0 Å². The number of hydrogen-bond donors (Lipinski definition) is 3. The number of halogens is 1. The molecule has 4 heterocycles. The van der Waals surface area contributed by atoms with E-state index in [1.54, 1.807) is 19.3 Å². The molecular weight excluding hydrogens is 545 g/mol. The van der Waals surface area contributed by atoms with E-state index in [2.05, 4.69) is 59.6 Å². The highest BCUT2D eigenvalue weighted by Gasteiger charge is 2.16. The average molecular weight is 586 g/mol. The Kier molecular flexibility index (Phi) is 12.2. The zero-order valence-electron chi connectivity index (χ0n) is 25.9. The number of nitrogens with zero attached hydrogens (tertiary/aromatic N) is 6. The number of pyridine rings is 2. The van der Waals surface area contributed by atoms with E-state index in [0.29, 0.717) is 28.8 Å². The quantitative estimate of drug-likeness (QED) is 0.181. The number of carbonyl (C=O) groups is 1. The zero-order valence-corrected chi connectivity index (χ0v) is 25.9. The fourth-order valence-corrected chi connectivity index (χ4v) is 3.81. The molecule has 0 aliphatic carbocycles. The van der Waals surface area contributed by atoms with Gasteiger partial charge in [-0.15, -0.1) is 0 Å². The van der Waals surface area contributed by atoms with Crippen molar-refractivity contribution < 1.29 is 9.18 Å². The van der Waals surface area contributed by atoms with E-state index in [1.165, 1.54) is 17.8 Å². The van der Waals surface area contributed by atoms with Gasteiger partial charge in [0.2, 0.25) is 0 Å². The Morgan fingerprint density at radius 2 is 1.91 bits per heavy atom. The van der Waals surface area contributed by atoms with Crippen LogP contribution in [0.15, 0.2) is 59.4 Å². The molecule has 4 aromatic rings. The number of aromatic nitrogens is 6. The van der Waals surface area contributed by atoms with Crippen molar-refractivity contribution in [3.63, 3.8) is 0 Å². The fourth-order valence-electron chi connectivity index (χ4n) is 3.81. The summed E-state index contributed by atoms with van der Waals surface area (Å²) in [6.07, 6.45) is 8.80. The number of nitrogens with one attached hydrogen (secondary N) is 3. The normalized spacial score (nSPS) is 12.0. The Labute approximate surface area is 252 Å². The molecular formula is C32H40FN9O. The lowest BCUT2D eigenvalue weighted by Gasteiger charge is -2.10. The van der Waals surface area contributed by atoms with Crippen LogP contribution < -0.4 is 10.6 Å². The number of aryl methyl sites for hydroxylation is 2. The minimum atomic E-state index is -0.755. The Morgan fingerprint density at radius 3 is 2.49 bits per heavy atom. The summed E-state index contributed by atoms with van der Waals surface area (Å²) in [6.45, 7) is 12.3. The molecule has 11 heteroatoms. The summed E-state index contributed by atoms with van der Waals surface area (Å²) in [5, 5.41) is 13.0. The predicted molar refractivity (Wildman–Crippen MR) is 169 cm³/mol. The van der Waals surface area contributed by atoms with Crippen LogP contribution in [0.4, 0.5) is 16.0 Å². The standard InChI is InChI=1S/C26H29FN8O.C6H11N/c1-5-15(3)21-8-7-17(12-28-21)13-30-26(36)24-20(27)10-18(14-29-24)25-31-16(4)9-22(33-25)32-23-11-19(6-2)34-35-23;1-4-6(2)5-7-3/h7-12,14-15H,5-6,13H2,1-4H3,(H,30,36)(H2,31,32,33,34,35);4-5H,1-3H3/b;6-4-,7-5?. The largest absolute Gasteiger partial charge is 0.346 e. The highest BCUT2D eigenvalue weighted by molar-refractivity contribution is 5.92. The molecule has 1 amide bonds. The maximum absolute atomic E-state index is 14.9. The topological polar surface area (TPSA) is 134 Å². The molecule has 0 spiro atoms. The van der Waals surface area contributed by atoms with Crippen molar-refractivity contribution in [2.24, 2.45) is 4.99 Å². The molecule has 0 radical (unpaired) electrons. The third-order valence-corrected chi connectivity index (χ3v) is 6.64. The van der Waals surface area contributed by atoms with Crippen LogP contribution in [0.1, 0.15) is 80.1 Å². The van der Waals surface area contributed by atoms with E-state index < -0.39 is 11.7 Å². The number of H-pyrrole nitrogens is 1. The number of hydrogen-bond acceptors (Lipinski definition) is 8. The van der Waals surface area contributed by atoms with Gasteiger partial charge < -0.3 is 10.6 Å². The molecule has 1 unspecified atom stereocenters. The van der Waals surface area contributed by atoms with E-state index in [1.807, 2.05) is 58.2 Å². The van der Waals surface area contributed by atoms with Gasteiger partial charge in [0.15, 0.2) is 23.2 Å². The first-order valence-corrected chi connectivity index (χ1v) is 14.3. The molecule has 0 saturated carbocycles. The monoisotopic (exact) mass is 585 g/mol. The van der Waals surface area contributed by atoms with Gasteiger partial charge in [0, 0.05) is 67.0 Å². The van der Waals surface area contributed by atoms with Gasteiger partial charge in [0.25, 0.3) is 5.91 Å². The van der Waals surface area contributed by atoms with E-state index in [0.717, 1.165) is 29.8 Å². The molecule has 1 atom stereocenters. The number of aliphatic imine (C=N–C) groups is 1. The number of aromatic amines is 1. The Balaban J connectivity index is 0.000000646. The minimum Gasteiger partial charge on any atom is -0.346 e. The van der Waals surface area contributed by atoms with E-state index in [-0.39, 0.29) is 18.1 Å². The number of rotatable bonds is 10. The third kappa shape index (κ3) is 9.63. The van der Waals surface area contributed by atoms with Crippen LogP contribution in [0.2, 0.25) is 0 Å². The van der Waals surface area contributed by atoms with Crippen molar-refractivity contribution in [1.29, 1.82) is 0 Å². The summed E-state index contributed by atoms with van der Waals surface area (Å²) < 4.78 is 14.9. The first-order valence-electron chi connectivity index (χ1n) is 14.3.